The summed E-state index contributed by atoms with van der Waals surface area (Å²) in [6.07, 6.45) is 2.19. The number of halogens is 2. The van der Waals surface area contributed by atoms with Gasteiger partial charge in [0.15, 0.2) is 0 Å². The number of hydrogen-bond acceptors (Lipinski definition) is 3. The lowest BCUT2D eigenvalue weighted by atomic mass is 9.64. The summed E-state index contributed by atoms with van der Waals surface area (Å²) in [7, 11) is 0. The van der Waals surface area contributed by atoms with Crippen LogP contribution in [0.15, 0.2) is 24.3 Å². The molecule has 0 aliphatic heterocycles. The summed E-state index contributed by atoms with van der Waals surface area (Å²) in [5, 5.41) is 8.37. The van der Waals surface area contributed by atoms with Crippen molar-refractivity contribution in [3.8, 4) is 11.3 Å². The van der Waals surface area contributed by atoms with Gasteiger partial charge in [-0.1, -0.05) is 19.9 Å². The van der Waals surface area contributed by atoms with Crippen LogP contribution in [0.5, 0.6) is 0 Å². The first-order valence-electron chi connectivity index (χ1n) is 8.53. The van der Waals surface area contributed by atoms with Crippen LogP contribution in [0.4, 0.5) is 8.78 Å². The maximum atomic E-state index is 14.1. The second-order valence-electron chi connectivity index (χ2n) is 7.62. The van der Waals surface area contributed by atoms with Gasteiger partial charge in [0.2, 0.25) is 6.29 Å². The van der Waals surface area contributed by atoms with Crippen LogP contribution in [0.1, 0.15) is 43.9 Å². The molecule has 2 aliphatic rings. The van der Waals surface area contributed by atoms with Crippen molar-refractivity contribution in [2.75, 3.05) is 0 Å². The molecule has 4 rings (SSSR count). The number of fused-ring (bicyclic) bond motifs is 5. The van der Waals surface area contributed by atoms with E-state index in [1.165, 1.54) is 18.2 Å². The zero-order chi connectivity index (χ0) is 18.7. The van der Waals surface area contributed by atoms with Crippen molar-refractivity contribution in [2.45, 2.75) is 44.1 Å². The molecule has 0 N–H and O–H groups in total. The molecule has 1 heterocycles. The molecule has 0 saturated heterocycles. The van der Waals surface area contributed by atoms with Gasteiger partial charge in [-0.25, -0.2) is 15.4 Å². The number of benzene rings is 1. The highest BCUT2D eigenvalue weighted by atomic mass is 19.1. The number of aromatic nitrogens is 2. The molecular weight excluding hydrogens is 336 g/mol. The zero-order valence-electron chi connectivity index (χ0n) is 14.5. The Hall–Kier alpha value is -2.68. The summed E-state index contributed by atoms with van der Waals surface area (Å²) >= 11 is 0. The molecule has 6 heteroatoms. The Balaban J connectivity index is 1.94. The van der Waals surface area contributed by atoms with Crippen LogP contribution < -0.4 is 0 Å². The van der Waals surface area contributed by atoms with E-state index < -0.39 is 23.1 Å². The number of carbonyl (C=O) groups is 1. The second kappa shape index (κ2) is 5.41. The molecule has 0 radical (unpaired) electrons. The van der Waals surface area contributed by atoms with E-state index >= 15 is 0 Å². The van der Waals surface area contributed by atoms with Gasteiger partial charge in [0.1, 0.15) is 17.0 Å². The maximum absolute atomic E-state index is 14.1. The van der Waals surface area contributed by atoms with Crippen molar-refractivity contribution in [1.82, 2.24) is 10.2 Å². The first-order valence-corrected chi connectivity index (χ1v) is 8.53. The van der Waals surface area contributed by atoms with Crippen LogP contribution in [0.3, 0.4) is 0 Å². The van der Waals surface area contributed by atoms with Gasteiger partial charge >= 0.3 is 0 Å². The molecule has 2 aromatic rings. The number of hydrogen-bond donors (Lipinski definition) is 0. The molecule has 1 saturated carbocycles. The molecule has 132 valence electrons. The van der Waals surface area contributed by atoms with E-state index in [2.05, 4.69) is 15.0 Å². The van der Waals surface area contributed by atoms with Gasteiger partial charge in [-0.05, 0) is 47.9 Å². The third-order valence-corrected chi connectivity index (χ3v) is 6.46. The fraction of sp³-hybridized carbons (Fsp3) is 0.400. The van der Waals surface area contributed by atoms with E-state index in [-0.39, 0.29) is 22.6 Å². The van der Waals surface area contributed by atoms with E-state index in [1.807, 2.05) is 13.8 Å². The SMILES string of the molecule is [C-]#[N+]C(C=O)[C@@]12CC[C@@H](c3cc(-c4c(F)cccc4F)nnc31)C2(C)C. The molecule has 2 bridgehead atoms. The lowest BCUT2D eigenvalue weighted by Gasteiger charge is -2.35. The minimum Gasteiger partial charge on any atom is -0.304 e. The lowest BCUT2D eigenvalue weighted by Crippen LogP contribution is -2.45. The Labute approximate surface area is 150 Å². The fourth-order valence-electron chi connectivity index (χ4n) is 5.14. The average Bonchev–Trinajstić information content (AvgIpc) is 2.97. The quantitative estimate of drug-likeness (QED) is 0.617. The molecule has 0 amide bonds. The van der Waals surface area contributed by atoms with Gasteiger partial charge in [-0.3, -0.25) is 4.79 Å². The van der Waals surface area contributed by atoms with Crippen molar-refractivity contribution < 1.29 is 13.6 Å². The highest BCUT2D eigenvalue weighted by molar-refractivity contribution is 5.69. The predicted molar refractivity (Wildman–Crippen MR) is 91.3 cm³/mol. The third-order valence-electron chi connectivity index (χ3n) is 6.46. The predicted octanol–water partition coefficient (Wildman–Crippen LogP) is 4.06. The van der Waals surface area contributed by atoms with E-state index in [1.54, 1.807) is 6.07 Å². The third kappa shape index (κ3) is 1.83. The Morgan fingerprint density at radius 1 is 1.31 bits per heavy atom. The summed E-state index contributed by atoms with van der Waals surface area (Å²) in [4.78, 5) is 15.2. The van der Waals surface area contributed by atoms with Crippen LogP contribution >= 0.6 is 0 Å². The minimum atomic E-state index is -0.839. The second-order valence-corrected chi connectivity index (χ2v) is 7.62. The number of carbonyl (C=O) groups excluding carboxylic acids is 1. The molecule has 1 aromatic heterocycles. The van der Waals surface area contributed by atoms with Crippen molar-refractivity contribution in [2.24, 2.45) is 5.41 Å². The molecule has 3 atom stereocenters. The van der Waals surface area contributed by atoms with Gasteiger partial charge in [0, 0.05) is 0 Å². The Kier molecular flexibility index (Phi) is 3.49. The first kappa shape index (κ1) is 16.8. The zero-order valence-corrected chi connectivity index (χ0v) is 14.5. The smallest absolute Gasteiger partial charge is 0.289 e. The molecule has 2 aliphatic carbocycles. The summed E-state index contributed by atoms with van der Waals surface area (Å²) in [5.41, 5.74) is 0.372. The van der Waals surface area contributed by atoms with Gasteiger partial charge < -0.3 is 4.85 Å². The van der Waals surface area contributed by atoms with Gasteiger partial charge in [-0.15, -0.1) is 5.10 Å². The van der Waals surface area contributed by atoms with Crippen molar-refractivity contribution in [3.63, 3.8) is 0 Å². The number of rotatable bonds is 3. The molecular formula is C20H17F2N3O. The number of nitrogens with zero attached hydrogens (tertiary/aromatic N) is 3. The van der Waals surface area contributed by atoms with E-state index in [9.17, 15) is 13.6 Å². The molecule has 1 fully saturated rings. The molecule has 0 spiro atoms. The lowest BCUT2D eigenvalue weighted by molar-refractivity contribution is -0.110. The minimum absolute atomic E-state index is 0.0748. The summed E-state index contributed by atoms with van der Waals surface area (Å²) in [6, 6.07) is 4.52. The van der Waals surface area contributed by atoms with E-state index in [0.717, 1.165) is 12.0 Å². The molecule has 26 heavy (non-hydrogen) atoms. The fourth-order valence-corrected chi connectivity index (χ4v) is 5.14. The highest BCUT2D eigenvalue weighted by Gasteiger charge is 2.69. The van der Waals surface area contributed by atoms with Crippen LogP contribution in [0, 0.1) is 23.6 Å². The Morgan fingerprint density at radius 2 is 2.00 bits per heavy atom. The largest absolute Gasteiger partial charge is 0.304 e. The Morgan fingerprint density at radius 3 is 2.62 bits per heavy atom. The summed E-state index contributed by atoms with van der Waals surface area (Å²) in [6.45, 7) is 11.5. The molecule has 4 nitrogen and oxygen atoms in total. The van der Waals surface area contributed by atoms with Crippen LogP contribution in [-0.2, 0) is 10.2 Å². The monoisotopic (exact) mass is 353 g/mol. The van der Waals surface area contributed by atoms with Crippen LogP contribution in [0.25, 0.3) is 16.1 Å². The van der Waals surface area contributed by atoms with Crippen molar-refractivity contribution in [1.29, 1.82) is 0 Å². The van der Waals surface area contributed by atoms with Gasteiger partial charge in [0.05, 0.1) is 17.0 Å². The van der Waals surface area contributed by atoms with Crippen molar-refractivity contribution in [3.05, 3.63) is 58.6 Å². The first-order chi connectivity index (χ1) is 12.4. The molecule has 1 aromatic carbocycles. The van der Waals surface area contributed by atoms with Gasteiger partial charge in [0.25, 0.3) is 6.04 Å². The summed E-state index contributed by atoms with van der Waals surface area (Å²) < 4.78 is 28.3. The average molecular weight is 353 g/mol. The van der Waals surface area contributed by atoms with E-state index in [0.29, 0.717) is 18.4 Å². The number of aldehydes is 1. The highest BCUT2D eigenvalue weighted by Crippen LogP contribution is 2.68. The standard InChI is InChI=1S/C20H17F2N3O/c1-19(2)12-7-8-20(19,16(10-26)23-3)18-11(12)9-15(24-25-18)17-13(21)5-4-6-14(17)22/h4-6,9-10,12,16H,7-8H2,1-2H3/t12-,16?,20-/m0/s1. The van der Waals surface area contributed by atoms with Crippen molar-refractivity contribution >= 4 is 6.29 Å². The molecule has 1 unspecified atom stereocenters. The van der Waals surface area contributed by atoms with Crippen LogP contribution in [-0.4, -0.2) is 22.5 Å². The van der Waals surface area contributed by atoms with E-state index in [4.69, 9.17) is 6.57 Å². The Bertz CT molecular complexity index is 946. The summed E-state index contributed by atoms with van der Waals surface area (Å²) in [5.74, 6) is -1.31. The van der Waals surface area contributed by atoms with Gasteiger partial charge in [-0.2, -0.15) is 5.10 Å². The normalized spacial score (nSPS) is 26.2. The van der Waals surface area contributed by atoms with Crippen LogP contribution in [0.2, 0.25) is 0 Å². The maximum Gasteiger partial charge on any atom is 0.289 e. The topological polar surface area (TPSA) is 47.2 Å².